The molecular formula is C24H33N3O3S. The predicted molar refractivity (Wildman–Crippen MR) is 123 cm³/mol. The standard InChI is InChI=1S/C24H33N3O3S/c1-4-27(24(28)18-20-10-12-23(13-11-20)31(3,29)30)22-14-16-26(17-15-22)25-19(2)21-8-6-5-7-9-21/h5-13,19,22,25H,4,14-18H2,1-3H3. The molecule has 1 heterocycles. The summed E-state index contributed by atoms with van der Waals surface area (Å²) in [4.78, 5) is 15.2. The van der Waals surface area contributed by atoms with Crippen LogP contribution in [0.5, 0.6) is 0 Å². The summed E-state index contributed by atoms with van der Waals surface area (Å²) in [5.74, 6) is 0.0960. The summed E-state index contributed by atoms with van der Waals surface area (Å²) in [6.07, 6.45) is 3.34. The average molecular weight is 444 g/mol. The molecule has 7 heteroatoms. The van der Waals surface area contributed by atoms with E-state index in [0.717, 1.165) is 31.5 Å². The van der Waals surface area contributed by atoms with Gasteiger partial charge in [0, 0.05) is 38.0 Å². The van der Waals surface area contributed by atoms with Crippen molar-refractivity contribution in [1.82, 2.24) is 15.3 Å². The summed E-state index contributed by atoms with van der Waals surface area (Å²) < 4.78 is 23.2. The number of rotatable bonds is 8. The third-order valence-corrected chi connectivity index (χ3v) is 7.08. The average Bonchev–Trinajstić information content (AvgIpc) is 2.76. The van der Waals surface area contributed by atoms with Crippen molar-refractivity contribution < 1.29 is 13.2 Å². The molecule has 1 fully saturated rings. The quantitative estimate of drug-likeness (QED) is 0.678. The molecule has 1 aliphatic rings. The molecule has 1 N–H and O–H groups in total. The zero-order valence-corrected chi connectivity index (χ0v) is 19.4. The lowest BCUT2D eigenvalue weighted by Gasteiger charge is -2.39. The Morgan fingerprint density at radius 2 is 1.71 bits per heavy atom. The number of hydrazine groups is 1. The molecule has 0 aromatic heterocycles. The Hall–Kier alpha value is -2.22. The fourth-order valence-electron chi connectivity index (χ4n) is 4.17. The topological polar surface area (TPSA) is 69.7 Å². The van der Waals surface area contributed by atoms with Crippen molar-refractivity contribution >= 4 is 15.7 Å². The van der Waals surface area contributed by atoms with Gasteiger partial charge in [-0.05, 0) is 49.9 Å². The molecular weight excluding hydrogens is 410 g/mol. The molecule has 1 unspecified atom stereocenters. The highest BCUT2D eigenvalue weighted by Gasteiger charge is 2.27. The minimum atomic E-state index is -3.22. The molecule has 1 saturated heterocycles. The fourth-order valence-corrected chi connectivity index (χ4v) is 4.80. The fraction of sp³-hybridized carbons (Fsp3) is 0.458. The highest BCUT2D eigenvalue weighted by atomic mass is 32.2. The van der Waals surface area contributed by atoms with Crippen LogP contribution in [0.1, 0.15) is 43.9 Å². The highest BCUT2D eigenvalue weighted by molar-refractivity contribution is 7.90. The van der Waals surface area contributed by atoms with Gasteiger partial charge >= 0.3 is 0 Å². The zero-order valence-electron chi connectivity index (χ0n) is 18.6. The number of piperidine rings is 1. The number of nitrogens with zero attached hydrogens (tertiary/aromatic N) is 2. The number of benzene rings is 2. The van der Waals surface area contributed by atoms with Crippen LogP contribution < -0.4 is 5.43 Å². The lowest BCUT2D eigenvalue weighted by atomic mass is 10.0. The van der Waals surface area contributed by atoms with E-state index in [0.29, 0.717) is 13.0 Å². The Kier molecular flexibility index (Phi) is 7.86. The smallest absolute Gasteiger partial charge is 0.227 e. The lowest BCUT2D eigenvalue weighted by molar-refractivity contribution is -0.133. The first-order valence-corrected chi connectivity index (χ1v) is 12.8. The van der Waals surface area contributed by atoms with Gasteiger partial charge in [0.2, 0.25) is 5.91 Å². The third-order valence-electron chi connectivity index (χ3n) is 5.95. The molecule has 1 atom stereocenters. The molecule has 2 aromatic carbocycles. The summed E-state index contributed by atoms with van der Waals surface area (Å²) in [5.41, 5.74) is 5.68. The van der Waals surface area contributed by atoms with E-state index in [4.69, 9.17) is 0 Å². The van der Waals surface area contributed by atoms with Gasteiger partial charge in [-0.25, -0.2) is 18.9 Å². The Morgan fingerprint density at radius 1 is 1.10 bits per heavy atom. The van der Waals surface area contributed by atoms with Crippen molar-refractivity contribution in [2.24, 2.45) is 0 Å². The summed E-state index contributed by atoms with van der Waals surface area (Å²) in [6.45, 7) is 6.66. The first-order valence-electron chi connectivity index (χ1n) is 10.9. The van der Waals surface area contributed by atoms with Crippen LogP contribution in [-0.4, -0.2) is 56.2 Å². The minimum Gasteiger partial charge on any atom is -0.340 e. The Labute approximate surface area is 186 Å². The van der Waals surface area contributed by atoms with Crippen molar-refractivity contribution in [1.29, 1.82) is 0 Å². The van der Waals surface area contributed by atoms with Crippen LogP contribution in [0.2, 0.25) is 0 Å². The molecule has 0 bridgehead atoms. The molecule has 0 aliphatic carbocycles. The van der Waals surface area contributed by atoms with Crippen LogP contribution in [0.3, 0.4) is 0 Å². The minimum absolute atomic E-state index is 0.0960. The zero-order chi connectivity index (χ0) is 22.4. The monoisotopic (exact) mass is 443 g/mol. The van der Waals surface area contributed by atoms with Gasteiger partial charge in [0.15, 0.2) is 9.84 Å². The van der Waals surface area contributed by atoms with E-state index in [-0.39, 0.29) is 22.9 Å². The molecule has 6 nitrogen and oxygen atoms in total. The molecule has 3 rings (SSSR count). The maximum Gasteiger partial charge on any atom is 0.227 e. The van der Waals surface area contributed by atoms with E-state index < -0.39 is 9.84 Å². The molecule has 0 radical (unpaired) electrons. The van der Waals surface area contributed by atoms with Crippen LogP contribution in [0.15, 0.2) is 59.5 Å². The number of nitrogens with one attached hydrogen (secondary N) is 1. The van der Waals surface area contributed by atoms with Gasteiger partial charge in [-0.15, -0.1) is 0 Å². The Morgan fingerprint density at radius 3 is 2.26 bits per heavy atom. The van der Waals surface area contributed by atoms with Gasteiger partial charge in [0.05, 0.1) is 11.3 Å². The van der Waals surface area contributed by atoms with Crippen LogP contribution in [-0.2, 0) is 21.1 Å². The highest BCUT2D eigenvalue weighted by Crippen LogP contribution is 2.20. The van der Waals surface area contributed by atoms with E-state index in [1.54, 1.807) is 24.3 Å². The van der Waals surface area contributed by atoms with Crippen LogP contribution >= 0.6 is 0 Å². The van der Waals surface area contributed by atoms with E-state index >= 15 is 0 Å². The second-order valence-electron chi connectivity index (χ2n) is 8.25. The second-order valence-corrected chi connectivity index (χ2v) is 10.3. The van der Waals surface area contributed by atoms with Gasteiger partial charge in [-0.1, -0.05) is 42.5 Å². The SMILES string of the molecule is CCN(C(=O)Cc1ccc(S(C)(=O)=O)cc1)C1CCN(NC(C)c2ccccc2)CC1. The molecule has 0 spiro atoms. The predicted octanol–water partition coefficient (Wildman–Crippen LogP) is 3.21. The largest absolute Gasteiger partial charge is 0.340 e. The van der Waals surface area contributed by atoms with Gasteiger partial charge < -0.3 is 4.90 Å². The van der Waals surface area contributed by atoms with Crippen molar-refractivity contribution in [3.05, 3.63) is 65.7 Å². The van der Waals surface area contributed by atoms with Crippen molar-refractivity contribution in [2.45, 2.75) is 50.1 Å². The van der Waals surface area contributed by atoms with Crippen molar-refractivity contribution in [2.75, 3.05) is 25.9 Å². The second kappa shape index (κ2) is 10.4. The summed E-state index contributed by atoms with van der Waals surface area (Å²) in [6, 6.07) is 17.5. The number of amides is 1. The van der Waals surface area contributed by atoms with Crippen LogP contribution in [0.4, 0.5) is 0 Å². The van der Waals surface area contributed by atoms with Gasteiger partial charge in [-0.3, -0.25) is 4.79 Å². The Bertz CT molecular complexity index is 953. The van der Waals surface area contributed by atoms with E-state index in [1.807, 2.05) is 17.9 Å². The van der Waals surface area contributed by atoms with Crippen LogP contribution in [0.25, 0.3) is 0 Å². The number of carbonyl (C=O) groups is 1. The van der Waals surface area contributed by atoms with E-state index in [1.165, 1.54) is 11.8 Å². The Balaban J connectivity index is 1.53. The van der Waals surface area contributed by atoms with Crippen molar-refractivity contribution in [3.8, 4) is 0 Å². The summed E-state index contributed by atoms with van der Waals surface area (Å²) in [7, 11) is -3.22. The van der Waals surface area contributed by atoms with Gasteiger partial charge in [0.1, 0.15) is 0 Å². The summed E-state index contributed by atoms with van der Waals surface area (Å²) >= 11 is 0. The molecule has 1 amide bonds. The van der Waals surface area contributed by atoms with Gasteiger partial charge in [0.25, 0.3) is 0 Å². The van der Waals surface area contributed by atoms with E-state index in [9.17, 15) is 13.2 Å². The van der Waals surface area contributed by atoms with Gasteiger partial charge in [-0.2, -0.15) is 0 Å². The molecule has 0 saturated carbocycles. The molecule has 168 valence electrons. The number of likely N-dealkylation sites (N-methyl/N-ethyl adjacent to an activating group) is 1. The first kappa shape index (κ1) is 23.4. The van der Waals surface area contributed by atoms with Crippen LogP contribution in [0, 0.1) is 0 Å². The number of sulfone groups is 1. The first-order chi connectivity index (χ1) is 14.8. The van der Waals surface area contributed by atoms with Crippen molar-refractivity contribution in [3.63, 3.8) is 0 Å². The number of hydrogen-bond donors (Lipinski definition) is 1. The third kappa shape index (κ3) is 6.38. The maximum atomic E-state index is 12.9. The van der Waals surface area contributed by atoms with E-state index in [2.05, 4.69) is 41.6 Å². The number of hydrogen-bond acceptors (Lipinski definition) is 5. The maximum absolute atomic E-state index is 12.9. The normalized spacial score (nSPS) is 16.7. The molecule has 31 heavy (non-hydrogen) atoms. The molecule has 1 aliphatic heterocycles. The molecule has 2 aromatic rings. The number of carbonyl (C=O) groups excluding carboxylic acids is 1. The summed E-state index contributed by atoms with van der Waals surface area (Å²) in [5, 5.41) is 2.26. The lowest BCUT2D eigenvalue weighted by Crippen LogP contribution is -2.51.